The number of hydrogen-bond acceptors (Lipinski definition) is 11. The average molecular weight is 1070 g/mol. The van der Waals surface area contributed by atoms with Gasteiger partial charge < -0.3 is 29.4 Å². The number of aromatic nitrogens is 1. The van der Waals surface area contributed by atoms with Gasteiger partial charge in [0.25, 0.3) is 0 Å². The van der Waals surface area contributed by atoms with Crippen LogP contribution >= 0.6 is 0 Å². The van der Waals surface area contributed by atoms with Crippen molar-refractivity contribution in [3.8, 4) is 17.2 Å². The predicted molar refractivity (Wildman–Crippen MR) is 272 cm³/mol. The van der Waals surface area contributed by atoms with Gasteiger partial charge in [0.2, 0.25) is 0 Å². The number of aliphatic carboxylic acids is 1. The summed E-state index contributed by atoms with van der Waals surface area (Å²) in [4.78, 5) is 71.3. The van der Waals surface area contributed by atoms with E-state index >= 15 is 0 Å². The standard InChI is InChI=1S/C42H47N4O11.3C4H9.Sn/c1-53-32-15-9-28(10-16-32)25-37(30-13-19-34(55-3)20-14-30)57-41(51)36(21-22-38(47)48)46-42(52)45-35(40(50)56-27-29-11-17-33(54-2)18-12-29)8-4-5-24-44-39(49)31-7-6-23-43-26-31;3*1-3-4-2;/h7,9-20,23,26,35-37H,4-5,8,21-22,24-25,27H2,1-3H3,(H,44,49)(H,47,48)(H2,45,46,52);3*1,3-4H2,2H3;. The van der Waals surface area contributed by atoms with E-state index < -0.39 is 66.9 Å². The molecule has 380 valence electrons. The number of esters is 2. The molecule has 4 N–H and O–H groups in total. The molecule has 70 heavy (non-hydrogen) atoms. The second kappa shape index (κ2) is 30.7. The number of ether oxygens (including phenoxy) is 5. The van der Waals surface area contributed by atoms with Crippen molar-refractivity contribution in [2.75, 3.05) is 27.9 Å². The number of unbranched alkanes of at least 4 members (excludes halogenated alkanes) is 4. The normalized spacial score (nSPS) is 12.4. The van der Waals surface area contributed by atoms with Gasteiger partial charge in [-0.25, -0.2) is 9.59 Å². The zero-order valence-corrected chi connectivity index (χ0v) is 44.7. The number of pyridine rings is 1. The van der Waals surface area contributed by atoms with E-state index in [0.29, 0.717) is 53.3 Å². The van der Waals surface area contributed by atoms with Gasteiger partial charge in [-0.05, 0) is 59.5 Å². The van der Waals surface area contributed by atoms with Crippen LogP contribution in [0.5, 0.6) is 17.2 Å². The van der Waals surface area contributed by atoms with Crippen LogP contribution in [-0.4, -0.2) is 98.3 Å². The number of carboxylic acids is 1. The van der Waals surface area contributed by atoms with Crippen molar-refractivity contribution >= 4 is 51.8 Å². The third kappa shape index (κ3) is 18.8. The molecule has 0 aliphatic carbocycles. The van der Waals surface area contributed by atoms with Crippen LogP contribution in [0.4, 0.5) is 4.79 Å². The molecule has 0 spiro atoms. The fourth-order valence-corrected chi connectivity index (χ4v) is 24.1. The van der Waals surface area contributed by atoms with Gasteiger partial charge >= 0.3 is 210 Å². The maximum atomic E-state index is 14.0. The summed E-state index contributed by atoms with van der Waals surface area (Å²) in [6.45, 7) is 6.95. The van der Waals surface area contributed by atoms with Gasteiger partial charge in [-0.15, -0.1) is 0 Å². The molecule has 16 heteroatoms. The molecule has 15 nitrogen and oxygen atoms in total. The summed E-state index contributed by atoms with van der Waals surface area (Å²) in [6, 6.07) is 19.9. The molecule has 3 aromatic carbocycles. The van der Waals surface area contributed by atoms with Gasteiger partial charge in [-0.3, -0.25) is 4.79 Å². The van der Waals surface area contributed by atoms with Crippen molar-refractivity contribution in [3.05, 3.63) is 114 Å². The van der Waals surface area contributed by atoms with Gasteiger partial charge in [-0.2, -0.15) is 0 Å². The molecule has 3 atom stereocenters. The van der Waals surface area contributed by atoms with Crippen molar-refractivity contribution in [1.82, 2.24) is 20.9 Å². The first-order valence-electron chi connectivity index (χ1n) is 24.7. The maximum absolute atomic E-state index is 14.0. The molecular weight excluding hydrogens is 999 g/mol. The number of urea groups is 1. The van der Waals surface area contributed by atoms with Crippen molar-refractivity contribution < 1.29 is 52.8 Å². The number of nitrogens with one attached hydrogen (secondary N) is 3. The van der Waals surface area contributed by atoms with Crippen LogP contribution in [0.15, 0.2) is 91.3 Å². The Kier molecular flexibility index (Phi) is 24.9. The number of carboxylic acid groups (broad SMARTS) is 1. The predicted octanol–water partition coefficient (Wildman–Crippen LogP) is 9.24. The first-order valence-corrected chi connectivity index (χ1v) is 32.1. The summed E-state index contributed by atoms with van der Waals surface area (Å²) in [7, 11) is 4.65. The molecule has 0 saturated carbocycles. The summed E-state index contributed by atoms with van der Waals surface area (Å²) < 4.78 is 32.7. The van der Waals surface area contributed by atoms with E-state index in [2.05, 4.69) is 47.8 Å². The Balaban J connectivity index is 1.47. The number of rotatable bonds is 32. The summed E-state index contributed by atoms with van der Waals surface area (Å²) >= 11 is -2.83. The van der Waals surface area contributed by atoms with E-state index in [0.717, 1.165) is 24.8 Å². The van der Waals surface area contributed by atoms with E-state index in [9.17, 15) is 29.1 Å². The minimum atomic E-state index is -2.83. The SMILES string of the molecule is CCC[CH2][Sn]([CH2]CCC)([CH2]CCC)[c]1cncc(C(=O)NCCCCC(NC(=O)NC(CCC(=O)O)C(=O)OC(Cc2ccc(OC)cc2)c2ccc(OC)cc2)C(=O)OCc2ccc(OC)cc2)c1. The molecule has 0 saturated heterocycles. The molecule has 3 unspecified atom stereocenters. The number of hydrogen-bond donors (Lipinski definition) is 4. The zero-order chi connectivity index (χ0) is 50.7. The Hall–Kier alpha value is -5.84. The Bertz CT molecular complexity index is 2200. The summed E-state index contributed by atoms with van der Waals surface area (Å²) in [6.07, 6.45) is 10.4. The van der Waals surface area contributed by atoms with Crippen LogP contribution in [0.3, 0.4) is 0 Å². The number of methoxy groups -OCH3 is 3. The molecule has 3 amide bonds. The molecule has 4 aromatic rings. The summed E-state index contributed by atoms with van der Waals surface area (Å²) in [5.41, 5.74) is 2.71. The number of carbonyl (C=O) groups is 5. The monoisotopic (exact) mass is 1070 g/mol. The number of benzene rings is 3. The van der Waals surface area contributed by atoms with E-state index in [4.69, 9.17) is 23.7 Å². The summed E-state index contributed by atoms with van der Waals surface area (Å²) in [5.74, 6) is -1.08. The number of carbonyl (C=O) groups excluding carboxylic acids is 4. The molecule has 1 aromatic heterocycles. The molecule has 0 aliphatic rings. The molecule has 0 bridgehead atoms. The Labute approximate surface area is 418 Å². The van der Waals surface area contributed by atoms with Gasteiger partial charge in [0.1, 0.15) is 36.0 Å². The van der Waals surface area contributed by atoms with Gasteiger partial charge in [-0.1, -0.05) is 36.4 Å². The third-order valence-electron chi connectivity index (χ3n) is 12.5. The van der Waals surface area contributed by atoms with Gasteiger partial charge in [0.05, 0.1) is 21.3 Å². The molecule has 0 aliphatic heterocycles. The van der Waals surface area contributed by atoms with Crippen molar-refractivity contribution in [2.24, 2.45) is 0 Å². The molecular formula is C54H74N4O11Sn. The fraction of sp³-hybridized carbons (Fsp3) is 0.481. The average Bonchev–Trinajstić information content (AvgIpc) is 3.38. The van der Waals surface area contributed by atoms with Crippen LogP contribution in [0.25, 0.3) is 0 Å². The van der Waals surface area contributed by atoms with Crippen molar-refractivity contribution in [1.29, 1.82) is 0 Å². The Morgan fingerprint density at radius 2 is 1.17 bits per heavy atom. The van der Waals surface area contributed by atoms with Gasteiger partial charge in [0, 0.05) is 12.8 Å². The van der Waals surface area contributed by atoms with Crippen LogP contribution < -0.4 is 33.7 Å². The quantitative estimate of drug-likeness (QED) is 0.0206. The van der Waals surface area contributed by atoms with E-state index in [1.54, 1.807) is 88.2 Å². The molecule has 4 rings (SSSR count). The van der Waals surface area contributed by atoms with Crippen LogP contribution in [0, 0.1) is 0 Å². The second-order valence-corrected chi connectivity index (χ2v) is 30.9. The van der Waals surface area contributed by atoms with Gasteiger partial charge in [0.15, 0.2) is 0 Å². The van der Waals surface area contributed by atoms with Crippen LogP contribution in [0.2, 0.25) is 13.3 Å². The fourth-order valence-electron chi connectivity index (χ4n) is 8.33. The number of nitrogens with zero attached hydrogens (tertiary/aromatic N) is 1. The molecule has 0 radical (unpaired) electrons. The Morgan fingerprint density at radius 1 is 0.643 bits per heavy atom. The van der Waals surface area contributed by atoms with Crippen LogP contribution in [-0.2, 0) is 36.9 Å². The third-order valence-corrected chi connectivity index (χ3v) is 28.0. The second-order valence-electron chi connectivity index (χ2n) is 17.7. The zero-order valence-electron chi connectivity index (χ0n) is 41.9. The Morgan fingerprint density at radius 3 is 1.70 bits per heavy atom. The van der Waals surface area contributed by atoms with E-state index in [-0.39, 0.29) is 31.8 Å². The van der Waals surface area contributed by atoms with Crippen molar-refractivity contribution in [3.63, 3.8) is 0 Å². The van der Waals surface area contributed by atoms with E-state index in [1.165, 1.54) is 36.2 Å². The van der Waals surface area contributed by atoms with Crippen LogP contribution in [0.1, 0.15) is 125 Å². The first-order chi connectivity index (χ1) is 33.9. The van der Waals surface area contributed by atoms with Crippen molar-refractivity contribution in [2.45, 2.75) is 136 Å². The minimum absolute atomic E-state index is 0.0821. The summed E-state index contributed by atoms with van der Waals surface area (Å²) in [5, 5.41) is 17.9. The first kappa shape index (κ1) is 56.7. The molecule has 1 heterocycles. The van der Waals surface area contributed by atoms with E-state index in [1.807, 2.05) is 18.3 Å². The molecule has 0 fully saturated rings. The topological polar surface area (TPSA) is 201 Å². The number of amides is 3.